The number of H-pyrrole nitrogens is 1. The summed E-state index contributed by atoms with van der Waals surface area (Å²) in [6.07, 6.45) is 4.67. The molecule has 3 heterocycles. The first-order valence-corrected chi connectivity index (χ1v) is 16.0. The molecule has 0 aliphatic carbocycles. The third-order valence-corrected chi connectivity index (χ3v) is 10.1. The Labute approximate surface area is 248 Å². The lowest BCUT2D eigenvalue weighted by Crippen LogP contribution is -2.41. The van der Waals surface area contributed by atoms with Crippen molar-refractivity contribution in [2.45, 2.75) is 96.3 Å². The van der Waals surface area contributed by atoms with Crippen molar-refractivity contribution in [2.75, 3.05) is 25.0 Å². The fraction of sp³-hybridized carbons (Fsp3) is 0.600. The first kappa shape index (κ1) is 31.5. The number of piperidine rings is 1. The van der Waals surface area contributed by atoms with Gasteiger partial charge in [-0.1, -0.05) is 0 Å². The number of anilines is 2. The van der Waals surface area contributed by atoms with Gasteiger partial charge in [-0.05, 0) is 93.1 Å². The molecular weight excluding hydrogens is 556 g/mol. The standard InChI is InChI=1S/C30H44N6O5S/c1-19-20(2)34-35-26(19)33-27-22-16-25(42(38,39)30(6,7)8)24(17-23(22)31-18-32-27)40-15-9-10-21-11-13-36(14-12-21)28(37)41-29(3,4)5/h16-18,21H,9-15H2,1-8H3,(H2,31,32,33,34,35). The lowest BCUT2D eigenvalue weighted by Gasteiger charge is -2.33. The third-order valence-electron chi connectivity index (χ3n) is 7.57. The Hall–Kier alpha value is -3.41. The molecule has 1 fully saturated rings. The summed E-state index contributed by atoms with van der Waals surface area (Å²) in [6, 6.07) is 3.29. The Kier molecular flexibility index (Phi) is 9.05. The summed E-state index contributed by atoms with van der Waals surface area (Å²) in [7, 11) is -3.76. The second kappa shape index (κ2) is 12.1. The highest BCUT2D eigenvalue weighted by molar-refractivity contribution is 7.92. The number of sulfone groups is 1. The maximum absolute atomic E-state index is 13.7. The van der Waals surface area contributed by atoms with Crippen LogP contribution in [0.3, 0.4) is 0 Å². The average Bonchev–Trinajstić information content (AvgIpc) is 3.21. The molecule has 0 bridgehead atoms. The summed E-state index contributed by atoms with van der Waals surface area (Å²) in [5, 5.41) is 11.0. The number of benzene rings is 1. The van der Waals surface area contributed by atoms with Crippen molar-refractivity contribution in [1.29, 1.82) is 0 Å². The normalized spacial score (nSPS) is 15.2. The maximum atomic E-state index is 13.7. The molecule has 4 rings (SSSR count). The highest BCUT2D eigenvalue weighted by atomic mass is 32.2. The van der Waals surface area contributed by atoms with E-state index in [-0.39, 0.29) is 16.7 Å². The van der Waals surface area contributed by atoms with Crippen molar-refractivity contribution < 1.29 is 22.7 Å². The molecule has 1 aromatic carbocycles. The fourth-order valence-corrected chi connectivity index (χ4v) is 6.14. The van der Waals surface area contributed by atoms with Crippen LogP contribution in [0, 0.1) is 19.8 Å². The minimum Gasteiger partial charge on any atom is -0.492 e. The van der Waals surface area contributed by atoms with Gasteiger partial charge in [0.15, 0.2) is 15.7 Å². The number of carbonyl (C=O) groups is 1. The Bertz CT molecular complexity index is 1530. The van der Waals surface area contributed by atoms with E-state index in [1.54, 1.807) is 37.8 Å². The molecule has 0 spiro atoms. The van der Waals surface area contributed by atoms with Crippen LogP contribution in [0.2, 0.25) is 0 Å². The van der Waals surface area contributed by atoms with Crippen LogP contribution >= 0.6 is 0 Å². The Morgan fingerprint density at radius 3 is 2.36 bits per heavy atom. The van der Waals surface area contributed by atoms with Gasteiger partial charge in [-0.15, -0.1) is 0 Å². The number of fused-ring (bicyclic) bond motifs is 1. The van der Waals surface area contributed by atoms with Crippen molar-refractivity contribution in [1.82, 2.24) is 25.1 Å². The zero-order chi connectivity index (χ0) is 30.9. The topological polar surface area (TPSA) is 139 Å². The SMILES string of the molecule is Cc1[nH]nc(Nc2ncnc3cc(OCCCC4CCN(C(=O)OC(C)(C)C)CC4)c(S(=O)(=O)C(C)(C)C)cc23)c1C. The van der Waals surface area contributed by atoms with Crippen molar-refractivity contribution in [3.8, 4) is 5.75 Å². The van der Waals surface area contributed by atoms with Gasteiger partial charge < -0.3 is 19.7 Å². The number of nitrogens with zero attached hydrogens (tertiary/aromatic N) is 4. The summed E-state index contributed by atoms with van der Waals surface area (Å²) in [5.41, 5.74) is 1.93. The van der Waals surface area contributed by atoms with Gasteiger partial charge >= 0.3 is 6.09 Å². The Morgan fingerprint density at radius 1 is 1.07 bits per heavy atom. The lowest BCUT2D eigenvalue weighted by atomic mass is 9.92. The average molecular weight is 601 g/mol. The summed E-state index contributed by atoms with van der Waals surface area (Å²) in [6.45, 7) is 16.2. The molecule has 1 aliphatic heterocycles. The predicted molar refractivity (Wildman–Crippen MR) is 163 cm³/mol. The largest absolute Gasteiger partial charge is 0.492 e. The molecule has 3 aromatic rings. The summed E-state index contributed by atoms with van der Waals surface area (Å²) in [4.78, 5) is 23.0. The molecule has 0 atom stereocenters. The lowest BCUT2D eigenvalue weighted by molar-refractivity contribution is 0.0179. The first-order chi connectivity index (χ1) is 19.6. The number of hydrogen-bond acceptors (Lipinski definition) is 9. The first-order valence-electron chi connectivity index (χ1n) is 14.5. The second-order valence-electron chi connectivity index (χ2n) is 13.0. The summed E-state index contributed by atoms with van der Waals surface area (Å²) >= 11 is 0. The highest BCUT2D eigenvalue weighted by Crippen LogP contribution is 2.37. The number of ether oxygens (including phenoxy) is 2. The number of hydrogen-bond donors (Lipinski definition) is 2. The molecule has 0 saturated carbocycles. The van der Waals surface area contributed by atoms with Gasteiger partial charge in [-0.25, -0.2) is 23.2 Å². The van der Waals surface area contributed by atoms with Crippen LogP contribution < -0.4 is 10.1 Å². The van der Waals surface area contributed by atoms with Crippen molar-refractivity contribution in [3.05, 3.63) is 29.7 Å². The van der Waals surface area contributed by atoms with Gasteiger partial charge in [0.25, 0.3) is 0 Å². The van der Waals surface area contributed by atoms with Gasteiger partial charge in [0, 0.05) is 35.8 Å². The minimum atomic E-state index is -3.76. The number of carbonyl (C=O) groups excluding carboxylic acids is 1. The van der Waals surface area contributed by atoms with Crippen LogP contribution in [-0.4, -0.2) is 69.6 Å². The van der Waals surface area contributed by atoms with Crippen LogP contribution in [0.25, 0.3) is 10.9 Å². The Morgan fingerprint density at radius 2 is 1.76 bits per heavy atom. The quantitative estimate of drug-likeness (QED) is 0.294. The van der Waals surface area contributed by atoms with E-state index in [9.17, 15) is 13.2 Å². The Balaban J connectivity index is 1.48. The van der Waals surface area contributed by atoms with Gasteiger partial charge in [0.05, 0.1) is 16.9 Å². The summed E-state index contributed by atoms with van der Waals surface area (Å²) < 4.78 is 38.0. The van der Waals surface area contributed by atoms with Gasteiger partial charge in [0.1, 0.15) is 28.4 Å². The molecule has 1 aliphatic rings. The van der Waals surface area contributed by atoms with Crippen molar-refractivity contribution in [2.24, 2.45) is 5.92 Å². The number of amides is 1. The second-order valence-corrected chi connectivity index (χ2v) is 15.7. The van der Waals surface area contributed by atoms with Gasteiger partial charge in [0.2, 0.25) is 0 Å². The van der Waals surface area contributed by atoms with E-state index in [1.165, 1.54) is 6.33 Å². The van der Waals surface area contributed by atoms with E-state index in [0.29, 0.717) is 48.2 Å². The monoisotopic (exact) mass is 600 g/mol. The molecule has 42 heavy (non-hydrogen) atoms. The van der Waals surface area contributed by atoms with Gasteiger partial charge in [-0.3, -0.25) is 5.10 Å². The van der Waals surface area contributed by atoms with E-state index in [2.05, 4.69) is 25.5 Å². The van der Waals surface area contributed by atoms with E-state index in [4.69, 9.17) is 9.47 Å². The highest BCUT2D eigenvalue weighted by Gasteiger charge is 2.34. The van der Waals surface area contributed by atoms with E-state index in [1.807, 2.05) is 34.6 Å². The number of nitrogens with one attached hydrogen (secondary N) is 2. The fourth-order valence-electron chi connectivity index (χ4n) is 4.82. The molecule has 12 heteroatoms. The van der Waals surface area contributed by atoms with Crippen LogP contribution in [-0.2, 0) is 14.6 Å². The smallest absolute Gasteiger partial charge is 0.410 e. The number of aromatic amines is 1. The van der Waals surface area contributed by atoms with Crippen LogP contribution in [0.1, 0.15) is 78.5 Å². The molecule has 2 N–H and O–H groups in total. The van der Waals surface area contributed by atoms with Crippen LogP contribution in [0.4, 0.5) is 16.4 Å². The van der Waals surface area contributed by atoms with Crippen molar-refractivity contribution >= 4 is 38.5 Å². The molecule has 11 nitrogen and oxygen atoms in total. The zero-order valence-electron chi connectivity index (χ0n) is 26.0. The van der Waals surface area contributed by atoms with Crippen molar-refractivity contribution in [3.63, 3.8) is 0 Å². The molecule has 1 saturated heterocycles. The maximum Gasteiger partial charge on any atom is 0.410 e. The van der Waals surface area contributed by atoms with E-state index >= 15 is 0 Å². The number of likely N-dealkylation sites (tertiary alicyclic amines) is 1. The molecule has 0 unspecified atom stereocenters. The molecular formula is C30H44N6O5S. The zero-order valence-corrected chi connectivity index (χ0v) is 26.8. The predicted octanol–water partition coefficient (Wildman–Crippen LogP) is 6.09. The number of rotatable bonds is 8. The number of aromatic nitrogens is 4. The summed E-state index contributed by atoms with van der Waals surface area (Å²) in [5.74, 6) is 1.83. The van der Waals surface area contributed by atoms with E-state index in [0.717, 1.165) is 36.9 Å². The van der Waals surface area contributed by atoms with Crippen LogP contribution in [0.5, 0.6) is 5.75 Å². The van der Waals surface area contributed by atoms with Crippen LogP contribution in [0.15, 0.2) is 23.4 Å². The molecule has 230 valence electrons. The minimum absolute atomic E-state index is 0.112. The van der Waals surface area contributed by atoms with E-state index < -0.39 is 20.2 Å². The molecule has 1 amide bonds. The van der Waals surface area contributed by atoms with Gasteiger partial charge in [-0.2, -0.15) is 5.10 Å². The molecule has 0 radical (unpaired) electrons. The molecule has 2 aromatic heterocycles. The third kappa shape index (κ3) is 7.14. The number of aryl methyl sites for hydroxylation is 1.